The zero-order chi connectivity index (χ0) is 3.58. The second-order valence-corrected chi connectivity index (χ2v) is 0.250. The minimum absolute atomic E-state index is 0. The molecule has 6 heteroatoms. The zero-order valence-corrected chi connectivity index (χ0v) is 15.0. The molecule has 0 aliphatic rings. The van der Waals surface area contributed by atoms with E-state index in [0.717, 1.165) is 0 Å². The molecule has 7 heavy (non-hydrogen) atoms. The fraction of sp³-hybridized carbons (Fsp3) is 0. The topological polar surface area (TPSA) is 63.2 Å². The van der Waals surface area contributed by atoms with Gasteiger partial charge in [-0.05, 0) is 6.16 Å². The van der Waals surface area contributed by atoms with E-state index in [2.05, 4.69) is 0 Å². The summed E-state index contributed by atoms with van der Waals surface area (Å²) in [6.45, 7) is 0. The van der Waals surface area contributed by atoms with Gasteiger partial charge in [0.25, 0.3) is 0 Å². The molecular weight excluding hydrogens is 397 g/mol. The summed E-state index contributed by atoms with van der Waals surface area (Å²) >= 11 is 0. The van der Waals surface area contributed by atoms with Crippen LogP contribution >= 0.6 is 0 Å². The standard InChI is InChI=1S/CH2O3.Bi.Ca.Sr.5H/c2-1(3)4;;;;;;;;/h(H2,2,3,4);;;;;;;;/q;;2*+2;;;;2*-1/p-2. The molecule has 36 valence electrons. The fourth-order valence-electron chi connectivity index (χ4n) is 0. The minimum Gasteiger partial charge on any atom is -1.00 e. The van der Waals surface area contributed by atoms with E-state index in [-0.39, 0.29) is 112 Å². The van der Waals surface area contributed by atoms with Gasteiger partial charge in [-0.15, -0.1) is 0 Å². The molecule has 0 N–H and O–H groups in total. The van der Waals surface area contributed by atoms with Crippen LogP contribution in [0.4, 0.5) is 4.79 Å². The maximum Gasteiger partial charge on any atom is 2.00 e. The molecule has 0 heterocycles. The Morgan fingerprint density at radius 1 is 1.43 bits per heavy atom. The molecule has 0 aromatic heterocycles. The van der Waals surface area contributed by atoms with Crippen LogP contribution in [0.5, 0.6) is 0 Å². The summed E-state index contributed by atoms with van der Waals surface area (Å²) < 4.78 is 0. The first kappa shape index (κ1) is 22.5. The first-order valence-electron chi connectivity index (χ1n) is 0.612. The molecular formula is CH5BiCaO3Sr. The van der Waals surface area contributed by atoms with Crippen LogP contribution in [0, 0.1) is 0 Å². The molecule has 0 amide bonds. The molecule has 0 fully saturated rings. The summed E-state index contributed by atoms with van der Waals surface area (Å²) in [6.07, 6.45) is -2.33. The second-order valence-electron chi connectivity index (χ2n) is 0.250. The van der Waals surface area contributed by atoms with E-state index in [1.165, 1.54) is 0 Å². The average Bonchev–Trinajstić information content (AvgIpc) is 0.811. The molecule has 3 nitrogen and oxygen atoms in total. The van der Waals surface area contributed by atoms with Crippen molar-refractivity contribution < 1.29 is 17.9 Å². The Morgan fingerprint density at radius 2 is 1.43 bits per heavy atom. The third kappa shape index (κ3) is 50.5. The van der Waals surface area contributed by atoms with Crippen molar-refractivity contribution >= 4 is 116 Å². The zero-order valence-electron chi connectivity index (χ0n) is 5.85. The molecule has 0 aromatic rings. The van der Waals surface area contributed by atoms with E-state index >= 15 is 0 Å². The Bertz CT molecular complexity index is 44.8. The quantitative estimate of drug-likeness (QED) is 0.387. The van der Waals surface area contributed by atoms with Crippen molar-refractivity contribution in [2.24, 2.45) is 0 Å². The SMILES string of the molecule is O=C([O-])[O-].[BiH3].[Ca+2].[H-].[H-].[Sr+2]. The Labute approximate surface area is 130 Å². The van der Waals surface area contributed by atoms with Crippen molar-refractivity contribution in [2.45, 2.75) is 0 Å². The van der Waals surface area contributed by atoms with E-state index in [4.69, 9.17) is 15.0 Å². The smallest absolute Gasteiger partial charge is 1.00 e. The van der Waals surface area contributed by atoms with Gasteiger partial charge in [-0.3, -0.25) is 0 Å². The normalized spacial score (nSPS) is 3.43. The van der Waals surface area contributed by atoms with Crippen molar-refractivity contribution in [3.05, 3.63) is 0 Å². The largest absolute Gasteiger partial charge is 2.00 e. The van der Waals surface area contributed by atoms with Crippen molar-refractivity contribution in [3.8, 4) is 0 Å². The first-order chi connectivity index (χ1) is 1.73. The van der Waals surface area contributed by atoms with Gasteiger partial charge in [0.2, 0.25) is 0 Å². The number of carbonyl (C=O) groups excluding carboxylic acids is 1. The van der Waals surface area contributed by atoms with Crippen molar-refractivity contribution in [1.82, 2.24) is 0 Å². The maximum absolute atomic E-state index is 8.33. The van der Waals surface area contributed by atoms with Gasteiger partial charge in [0.05, 0.1) is 0 Å². The molecule has 0 aromatic carbocycles. The molecule has 0 aliphatic carbocycles. The number of hydrogen-bond donors (Lipinski definition) is 0. The Hall–Kier alpha value is 2.89. The summed E-state index contributed by atoms with van der Waals surface area (Å²) in [5, 5.41) is 16.7. The van der Waals surface area contributed by atoms with Gasteiger partial charge in [-0.2, -0.15) is 0 Å². The van der Waals surface area contributed by atoms with Gasteiger partial charge in [-0.25, -0.2) is 0 Å². The predicted octanol–water partition coefficient (Wildman–Crippen LogP) is -4.17. The van der Waals surface area contributed by atoms with Crippen LogP contribution in [0.3, 0.4) is 0 Å². The van der Waals surface area contributed by atoms with Gasteiger partial charge < -0.3 is 17.9 Å². The Kier molecular flexibility index (Phi) is 51.3. The molecule has 0 radical (unpaired) electrons. The molecule has 0 unspecified atom stereocenters. The second kappa shape index (κ2) is 16.0. The van der Waals surface area contributed by atoms with E-state index in [9.17, 15) is 0 Å². The van der Waals surface area contributed by atoms with Gasteiger partial charge in [0.1, 0.15) is 0 Å². The first-order valence-corrected chi connectivity index (χ1v) is 0.612. The molecule has 0 saturated carbocycles. The average molecular weight is 402 g/mol. The van der Waals surface area contributed by atoms with Crippen molar-refractivity contribution in [3.63, 3.8) is 0 Å². The molecule has 0 aliphatic heterocycles. The van der Waals surface area contributed by atoms with Crippen molar-refractivity contribution in [2.75, 3.05) is 0 Å². The van der Waals surface area contributed by atoms with E-state index in [0.29, 0.717) is 0 Å². The summed E-state index contributed by atoms with van der Waals surface area (Å²) in [7, 11) is 0. The van der Waals surface area contributed by atoms with Crippen LogP contribution in [-0.2, 0) is 0 Å². The number of hydrogen-bond acceptors (Lipinski definition) is 3. The van der Waals surface area contributed by atoms with Gasteiger partial charge in [0, 0.05) is 0 Å². The van der Waals surface area contributed by atoms with Gasteiger partial charge in [-0.1, -0.05) is 0 Å². The molecule has 0 spiro atoms. The number of rotatable bonds is 0. The minimum atomic E-state index is -2.33. The van der Waals surface area contributed by atoms with Crippen LogP contribution < -0.4 is 10.2 Å². The van der Waals surface area contributed by atoms with Crippen molar-refractivity contribution in [1.29, 1.82) is 0 Å². The molecule has 0 saturated heterocycles. The van der Waals surface area contributed by atoms with Gasteiger partial charge in [0.15, 0.2) is 0 Å². The summed E-state index contributed by atoms with van der Waals surface area (Å²) in [5.41, 5.74) is 0. The van der Waals surface area contributed by atoms with E-state index < -0.39 is 6.16 Å². The van der Waals surface area contributed by atoms with Crippen LogP contribution in [-0.4, -0.2) is 116 Å². The summed E-state index contributed by atoms with van der Waals surface area (Å²) in [6, 6.07) is 0. The van der Waals surface area contributed by atoms with E-state index in [1.54, 1.807) is 0 Å². The Morgan fingerprint density at radius 3 is 1.43 bits per heavy atom. The molecule has 0 rings (SSSR count). The molecule has 0 atom stereocenters. The third-order valence-electron chi connectivity index (χ3n) is 0. The molecule has 0 bridgehead atoms. The van der Waals surface area contributed by atoms with Crippen LogP contribution in [0.1, 0.15) is 2.85 Å². The van der Waals surface area contributed by atoms with Gasteiger partial charge >= 0.3 is 109 Å². The summed E-state index contributed by atoms with van der Waals surface area (Å²) in [5.74, 6) is 0. The number of carbonyl (C=O) groups is 1. The van der Waals surface area contributed by atoms with E-state index in [1.807, 2.05) is 0 Å². The monoisotopic (exact) mass is 402 g/mol. The summed E-state index contributed by atoms with van der Waals surface area (Å²) in [4.78, 5) is 8.33. The van der Waals surface area contributed by atoms with Crippen LogP contribution in [0.25, 0.3) is 0 Å². The Balaban J connectivity index is -0.00000000450. The predicted molar refractivity (Wildman–Crippen MR) is 29.1 cm³/mol. The van der Waals surface area contributed by atoms with Crippen LogP contribution in [0.15, 0.2) is 0 Å². The number of carboxylic acid groups (broad SMARTS) is 2. The fourth-order valence-corrected chi connectivity index (χ4v) is 0. The third-order valence-corrected chi connectivity index (χ3v) is 0. The van der Waals surface area contributed by atoms with Crippen LogP contribution in [0.2, 0.25) is 0 Å². The maximum atomic E-state index is 8.33.